The van der Waals surface area contributed by atoms with Gasteiger partial charge in [-0.3, -0.25) is 19.4 Å². The smallest absolute Gasteiger partial charge is 0.308 e. The predicted molar refractivity (Wildman–Crippen MR) is 95.7 cm³/mol. The number of carbonyl (C=O) groups excluding carboxylic acids is 2. The minimum atomic E-state index is -0.960. The molecule has 1 unspecified atom stereocenters. The molecule has 25 heavy (non-hydrogen) atoms. The van der Waals surface area contributed by atoms with Crippen LogP contribution < -0.4 is 5.32 Å². The van der Waals surface area contributed by atoms with Crippen molar-refractivity contribution in [1.29, 1.82) is 0 Å². The molecule has 1 aromatic carbocycles. The Morgan fingerprint density at radius 3 is 2.52 bits per heavy atom. The van der Waals surface area contributed by atoms with Crippen LogP contribution in [0.25, 0.3) is 0 Å². The number of nitrogens with zero attached hydrogens (tertiary/aromatic N) is 1. The second-order valence-corrected chi connectivity index (χ2v) is 8.74. The SMILES string of the molecule is C=N[C@@H](C(=O)N[C@@H]1C(=O)C2[C@@H](C(=O)O)C(C)(C)S[C@@H]21)c1ccccc1. The van der Waals surface area contributed by atoms with E-state index in [4.69, 9.17) is 0 Å². The van der Waals surface area contributed by atoms with Crippen molar-refractivity contribution in [2.75, 3.05) is 0 Å². The number of ketones is 1. The first-order valence-corrected chi connectivity index (χ1v) is 8.91. The second kappa shape index (κ2) is 6.29. The zero-order valence-electron chi connectivity index (χ0n) is 14.0. The summed E-state index contributed by atoms with van der Waals surface area (Å²) in [5.41, 5.74) is 0.695. The summed E-state index contributed by atoms with van der Waals surface area (Å²) in [4.78, 5) is 40.5. The number of nitrogens with one attached hydrogen (secondary N) is 1. The molecule has 1 amide bonds. The zero-order chi connectivity index (χ0) is 18.4. The molecule has 0 bridgehead atoms. The molecule has 1 aliphatic heterocycles. The Balaban J connectivity index is 1.75. The van der Waals surface area contributed by atoms with E-state index < -0.39 is 40.5 Å². The van der Waals surface area contributed by atoms with Crippen LogP contribution in [0.1, 0.15) is 25.5 Å². The number of aliphatic imine (C=N–C) groups is 1. The molecular formula is C18H20N2O4S. The predicted octanol–water partition coefficient (Wildman–Crippen LogP) is 1.71. The number of carbonyl (C=O) groups is 3. The van der Waals surface area contributed by atoms with Gasteiger partial charge in [0.05, 0.1) is 5.92 Å². The van der Waals surface area contributed by atoms with Crippen LogP contribution in [0.2, 0.25) is 0 Å². The number of hydrogen-bond acceptors (Lipinski definition) is 5. The summed E-state index contributed by atoms with van der Waals surface area (Å²) < 4.78 is -0.550. The lowest BCUT2D eigenvalue weighted by Crippen LogP contribution is -2.63. The van der Waals surface area contributed by atoms with Crippen molar-refractivity contribution < 1.29 is 19.5 Å². The fraction of sp³-hybridized carbons (Fsp3) is 0.444. The Morgan fingerprint density at radius 1 is 1.32 bits per heavy atom. The van der Waals surface area contributed by atoms with Gasteiger partial charge in [0, 0.05) is 15.9 Å². The number of benzene rings is 1. The van der Waals surface area contributed by atoms with Gasteiger partial charge in [0.2, 0.25) is 5.91 Å². The van der Waals surface area contributed by atoms with Crippen LogP contribution in [0.15, 0.2) is 35.3 Å². The van der Waals surface area contributed by atoms with E-state index in [1.807, 2.05) is 19.9 Å². The number of carboxylic acid groups (broad SMARTS) is 1. The molecule has 2 aliphatic rings. The topological polar surface area (TPSA) is 95.8 Å². The molecule has 1 aromatic rings. The van der Waals surface area contributed by atoms with Crippen molar-refractivity contribution in [2.45, 2.75) is 35.9 Å². The largest absolute Gasteiger partial charge is 0.481 e. The maximum atomic E-state index is 12.6. The van der Waals surface area contributed by atoms with E-state index in [-0.39, 0.29) is 11.0 Å². The quantitative estimate of drug-likeness (QED) is 0.779. The normalized spacial score (nSPS) is 30.7. The van der Waals surface area contributed by atoms with Crippen molar-refractivity contribution in [2.24, 2.45) is 16.8 Å². The van der Waals surface area contributed by atoms with Gasteiger partial charge < -0.3 is 10.4 Å². The Bertz CT molecular complexity index is 734. The van der Waals surface area contributed by atoms with Crippen LogP contribution in [0.5, 0.6) is 0 Å². The van der Waals surface area contributed by atoms with Crippen molar-refractivity contribution >= 4 is 36.1 Å². The molecule has 0 spiro atoms. The molecule has 2 fully saturated rings. The molecule has 0 radical (unpaired) electrons. The molecule has 132 valence electrons. The molecule has 3 rings (SSSR count). The first kappa shape index (κ1) is 17.7. The number of amides is 1. The van der Waals surface area contributed by atoms with Crippen LogP contribution in [-0.4, -0.2) is 45.5 Å². The van der Waals surface area contributed by atoms with Gasteiger partial charge in [-0.1, -0.05) is 30.3 Å². The summed E-state index contributed by atoms with van der Waals surface area (Å²) in [6.07, 6.45) is 0. The molecule has 1 aliphatic carbocycles. The molecular weight excluding hydrogens is 340 g/mol. The van der Waals surface area contributed by atoms with Gasteiger partial charge in [0.15, 0.2) is 11.8 Å². The molecule has 2 N–H and O–H groups in total. The highest BCUT2D eigenvalue weighted by Gasteiger charge is 2.66. The van der Waals surface area contributed by atoms with Crippen molar-refractivity contribution in [3.05, 3.63) is 35.9 Å². The average molecular weight is 360 g/mol. The fourth-order valence-electron chi connectivity index (χ4n) is 3.78. The highest BCUT2D eigenvalue weighted by atomic mass is 32.2. The maximum absolute atomic E-state index is 12.6. The zero-order valence-corrected chi connectivity index (χ0v) is 14.8. The summed E-state index contributed by atoms with van der Waals surface area (Å²) in [7, 11) is 0. The minimum Gasteiger partial charge on any atom is -0.481 e. The highest BCUT2D eigenvalue weighted by molar-refractivity contribution is 8.01. The van der Waals surface area contributed by atoms with E-state index in [1.165, 1.54) is 11.8 Å². The van der Waals surface area contributed by atoms with E-state index in [9.17, 15) is 19.5 Å². The lowest BCUT2D eigenvalue weighted by atomic mass is 9.67. The van der Waals surface area contributed by atoms with Crippen molar-refractivity contribution in [3.63, 3.8) is 0 Å². The van der Waals surface area contributed by atoms with E-state index in [0.717, 1.165) is 0 Å². The van der Waals surface area contributed by atoms with Gasteiger partial charge >= 0.3 is 5.97 Å². The molecule has 1 saturated carbocycles. The number of carboxylic acids is 1. The number of aliphatic carboxylic acids is 1. The third-order valence-electron chi connectivity index (χ3n) is 4.98. The molecule has 0 aromatic heterocycles. The standard InChI is InChI=1S/C18H20N2O4S/c1-18(2)11(17(23)24)10-14(21)13(15(10)25-18)20-16(22)12(19-3)9-7-5-4-6-8-9/h4-8,10-13,15H,3H2,1-2H3,(H,20,22)(H,23,24)/t10?,11-,12+,13+,15-/m0/s1. The van der Waals surface area contributed by atoms with Gasteiger partial charge in [-0.05, 0) is 26.1 Å². The number of rotatable bonds is 5. The fourth-order valence-corrected chi connectivity index (χ4v) is 5.65. The minimum absolute atomic E-state index is 0.209. The summed E-state index contributed by atoms with van der Waals surface area (Å²) in [6.45, 7) is 7.14. The van der Waals surface area contributed by atoms with E-state index in [0.29, 0.717) is 5.56 Å². The van der Waals surface area contributed by atoms with Crippen LogP contribution >= 0.6 is 11.8 Å². The Hall–Kier alpha value is -2.15. The Kier molecular flexibility index (Phi) is 4.45. The summed E-state index contributed by atoms with van der Waals surface area (Å²) >= 11 is 1.46. The second-order valence-electron chi connectivity index (χ2n) is 6.91. The average Bonchev–Trinajstić information content (AvgIpc) is 2.82. The third-order valence-corrected chi connectivity index (χ3v) is 6.67. The molecule has 6 nitrogen and oxygen atoms in total. The van der Waals surface area contributed by atoms with Gasteiger partial charge in [0.1, 0.15) is 6.04 Å². The van der Waals surface area contributed by atoms with Crippen LogP contribution in [0.4, 0.5) is 0 Å². The summed E-state index contributed by atoms with van der Waals surface area (Å²) in [6, 6.07) is 7.54. The molecule has 1 saturated heterocycles. The van der Waals surface area contributed by atoms with Crippen LogP contribution in [0.3, 0.4) is 0 Å². The van der Waals surface area contributed by atoms with Gasteiger partial charge in [-0.15, -0.1) is 11.8 Å². The molecule has 7 heteroatoms. The number of hydrogen-bond donors (Lipinski definition) is 2. The Morgan fingerprint density at radius 2 is 1.96 bits per heavy atom. The number of thioether (sulfide) groups is 1. The first-order valence-electron chi connectivity index (χ1n) is 8.03. The third kappa shape index (κ3) is 2.86. The van der Waals surface area contributed by atoms with E-state index in [1.54, 1.807) is 24.3 Å². The monoisotopic (exact) mass is 360 g/mol. The van der Waals surface area contributed by atoms with E-state index >= 15 is 0 Å². The maximum Gasteiger partial charge on any atom is 0.308 e. The van der Waals surface area contributed by atoms with Crippen LogP contribution in [-0.2, 0) is 14.4 Å². The molecule has 1 heterocycles. The summed E-state index contributed by atoms with van der Waals surface area (Å²) in [5.74, 6) is -2.84. The van der Waals surface area contributed by atoms with Crippen molar-refractivity contribution in [1.82, 2.24) is 5.32 Å². The van der Waals surface area contributed by atoms with Gasteiger partial charge in [-0.25, -0.2) is 0 Å². The molecule has 5 atom stereocenters. The highest BCUT2D eigenvalue weighted by Crippen LogP contribution is 2.57. The number of fused-ring (bicyclic) bond motifs is 1. The Labute approximate surface area is 150 Å². The van der Waals surface area contributed by atoms with E-state index in [2.05, 4.69) is 17.0 Å². The lowest BCUT2D eigenvalue weighted by Gasteiger charge is -2.39. The van der Waals surface area contributed by atoms with Gasteiger partial charge in [-0.2, -0.15) is 0 Å². The van der Waals surface area contributed by atoms with Crippen molar-refractivity contribution in [3.8, 4) is 0 Å². The van der Waals surface area contributed by atoms with Gasteiger partial charge in [0.25, 0.3) is 0 Å². The van der Waals surface area contributed by atoms with Crippen LogP contribution in [0, 0.1) is 11.8 Å². The lowest BCUT2D eigenvalue weighted by molar-refractivity contribution is -0.151. The first-order chi connectivity index (χ1) is 11.8. The summed E-state index contributed by atoms with van der Waals surface area (Å²) in [5, 5.41) is 12.0. The number of Topliss-reactive ketones (excluding diaryl/α,β-unsaturated/α-hetero) is 1.